The van der Waals surface area contributed by atoms with Gasteiger partial charge in [-0.05, 0) is 43.7 Å². The molecule has 5 nitrogen and oxygen atoms in total. The average molecular weight is 322 g/mol. The van der Waals surface area contributed by atoms with Crippen LogP contribution >= 0.6 is 11.8 Å². The van der Waals surface area contributed by atoms with Crippen LogP contribution in [0.25, 0.3) is 0 Å². The number of hydrogen-bond donors (Lipinski definition) is 1. The zero-order valence-corrected chi connectivity index (χ0v) is 13.6. The highest BCUT2D eigenvalue weighted by Crippen LogP contribution is 2.23. The molecule has 1 N–H and O–H groups in total. The van der Waals surface area contributed by atoms with Crippen LogP contribution < -0.4 is 5.32 Å². The number of aromatic nitrogens is 1. The maximum atomic E-state index is 12.0. The summed E-state index contributed by atoms with van der Waals surface area (Å²) in [7, 11) is 0. The van der Waals surface area contributed by atoms with Gasteiger partial charge in [-0.25, -0.2) is 4.98 Å². The molecule has 0 atom stereocenters. The van der Waals surface area contributed by atoms with E-state index in [-0.39, 0.29) is 11.7 Å². The van der Waals surface area contributed by atoms with Crippen LogP contribution in [0.5, 0.6) is 0 Å². The van der Waals surface area contributed by atoms with Crippen LogP contribution in [0.2, 0.25) is 0 Å². The number of rotatable bonds is 4. The van der Waals surface area contributed by atoms with Gasteiger partial charge in [-0.15, -0.1) is 0 Å². The van der Waals surface area contributed by atoms with E-state index in [1.54, 1.807) is 24.3 Å². The van der Waals surface area contributed by atoms with Crippen LogP contribution in [-0.4, -0.2) is 16.6 Å². The number of nitrogens with one attached hydrogen (secondary N) is 1. The van der Waals surface area contributed by atoms with E-state index in [0.717, 1.165) is 11.3 Å². The van der Waals surface area contributed by atoms with Crippen molar-refractivity contribution in [1.82, 2.24) is 4.98 Å². The number of pyridine rings is 1. The maximum Gasteiger partial charge on any atom is 0.234 e. The number of amides is 1. The molecule has 114 valence electrons. The summed E-state index contributed by atoms with van der Waals surface area (Å²) in [4.78, 5) is 16.4. The lowest BCUT2D eigenvalue weighted by Gasteiger charge is -2.08. The Morgan fingerprint density at radius 1 is 1.26 bits per heavy atom. The Labute approximate surface area is 139 Å². The summed E-state index contributed by atoms with van der Waals surface area (Å²) < 4.78 is 0. The summed E-state index contributed by atoms with van der Waals surface area (Å²) in [5.41, 5.74) is 3.22. The highest BCUT2D eigenvalue weighted by molar-refractivity contribution is 8.00. The molecular weight excluding hydrogens is 308 g/mol. The van der Waals surface area contributed by atoms with E-state index in [1.807, 2.05) is 26.0 Å². The van der Waals surface area contributed by atoms with Gasteiger partial charge in [0.15, 0.2) is 0 Å². The lowest BCUT2D eigenvalue weighted by molar-refractivity contribution is -0.113. The third-order valence-corrected chi connectivity index (χ3v) is 4.01. The molecule has 23 heavy (non-hydrogen) atoms. The fourth-order valence-corrected chi connectivity index (χ4v) is 2.94. The van der Waals surface area contributed by atoms with E-state index in [9.17, 15) is 10.1 Å². The molecule has 0 spiro atoms. The summed E-state index contributed by atoms with van der Waals surface area (Å²) in [6.07, 6.45) is 0. The molecular formula is C17H14N4OS. The monoisotopic (exact) mass is 322 g/mol. The number of carbonyl (C=O) groups excluding carboxylic acids is 1. The molecule has 0 saturated heterocycles. The first-order valence-corrected chi connectivity index (χ1v) is 7.83. The van der Waals surface area contributed by atoms with Crippen LogP contribution in [0.1, 0.15) is 22.4 Å². The van der Waals surface area contributed by atoms with Crippen molar-refractivity contribution in [2.24, 2.45) is 0 Å². The Morgan fingerprint density at radius 3 is 2.74 bits per heavy atom. The first-order chi connectivity index (χ1) is 11.0. The fraction of sp³-hybridized carbons (Fsp3) is 0.176. The zero-order chi connectivity index (χ0) is 16.8. The molecule has 0 aliphatic rings. The van der Waals surface area contributed by atoms with Gasteiger partial charge in [0.25, 0.3) is 0 Å². The Hall–Kier alpha value is -2.83. The smallest absolute Gasteiger partial charge is 0.234 e. The summed E-state index contributed by atoms with van der Waals surface area (Å²) in [5.74, 6) is -0.0728. The fourth-order valence-electron chi connectivity index (χ4n) is 2.04. The van der Waals surface area contributed by atoms with Crippen LogP contribution in [0, 0.1) is 36.5 Å². The first-order valence-electron chi connectivity index (χ1n) is 6.84. The van der Waals surface area contributed by atoms with E-state index in [4.69, 9.17) is 5.26 Å². The van der Waals surface area contributed by atoms with Crippen molar-refractivity contribution >= 4 is 23.4 Å². The van der Waals surface area contributed by atoms with Crippen molar-refractivity contribution in [2.45, 2.75) is 18.9 Å². The predicted octanol–water partition coefficient (Wildman–Crippen LogP) is 3.17. The predicted molar refractivity (Wildman–Crippen MR) is 88.9 cm³/mol. The van der Waals surface area contributed by atoms with Crippen LogP contribution in [0.3, 0.4) is 0 Å². The molecule has 0 aliphatic carbocycles. The number of nitrogens with zero attached hydrogens (tertiary/aromatic N) is 3. The Bertz CT molecular complexity index is 833. The Balaban J connectivity index is 2.05. The Morgan fingerprint density at radius 2 is 2.04 bits per heavy atom. The topological polar surface area (TPSA) is 89.6 Å². The second-order valence-electron chi connectivity index (χ2n) is 4.90. The van der Waals surface area contributed by atoms with Gasteiger partial charge in [0, 0.05) is 11.4 Å². The second-order valence-corrected chi connectivity index (χ2v) is 5.87. The molecule has 2 aromatic rings. The zero-order valence-electron chi connectivity index (χ0n) is 12.8. The highest BCUT2D eigenvalue weighted by Gasteiger charge is 2.11. The van der Waals surface area contributed by atoms with Gasteiger partial charge >= 0.3 is 0 Å². The van der Waals surface area contributed by atoms with Gasteiger partial charge in [0.05, 0.1) is 22.9 Å². The van der Waals surface area contributed by atoms with Gasteiger partial charge in [-0.1, -0.05) is 17.8 Å². The van der Waals surface area contributed by atoms with Crippen molar-refractivity contribution in [1.29, 1.82) is 10.5 Å². The molecule has 0 aliphatic heterocycles. The average Bonchev–Trinajstić information content (AvgIpc) is 2.52. The summed E-state index contributed by atoms with van der Waals surface area (Å²) in [6.45, 7) is 3.70. The van der Waals surface area contributed by atoms with E-state index in [1.165, 1.54) is 11.8 Å². The number of thioether (sulfide) groups is 1. The van der Waals surface area contributed by atoms with Gasteiger partial charge < -0.3 is 5.32 Å². The second kappa shape index (κ2) is 7.44. The SMILES string of the molecule is Cc1cc(C)c(C#N)c(SCC(=O)Nc2cccc(C#N)c2)n1. The van der Waals surface area contributed by atoms with Crippen molar-refractivity contribution in [3.63, 3.8) is 0 Å². The lowest BCUT2D eigenvalue weighted by atomic mass is 10.1. The summed E-state index contributed by atoms with van der Waals surface area (Å²) in [5, 5.41) is 21.4. The number of anilines is 1. The van der Waals surface area contributed by atoms with E-state index in [0.29, 0.717) is 21.8 Å². The minimum atomic E-state index is -0.213. The molecule has 1 heterocycles. The van der Waals surface area contributed by atoms with Crippen molar-refractivity contribution in [3.8, 4) is 12.1 Å². The minimum absolute atomic E-state index is 0.140. The molecule has 0 saturated carbocycles. The first kappa shape index (κ1) is 16.5. The standard InChI is InChI=1S/C17H14N4OS/c1-11-6-12(2)20-17(15(11)9-19)23-10-16(22)21-14-5-3-4-13(7-14)8-18/h3-7H,10H2,1-2H3,(H,21,22). The van der Waals surface area contributed by atoms with Gasteiger partial charge in [0.1, 0.15) is 11.1 Å². The van der Waals surface area contributed by atoms with Crippen molar-refractivity contribution < 1.29 is 4.79 Å². The van der Waals surface area contributed by atoms with Crippen LogP contribution in [-0.2, 0) is 4.79 Å². The van der Waals surface area contributed by atoms with Crippen molar-refractivity contribution in [2.75, 3.05) is 11.1 Å². The van der Waals surface area contributed by atoms with E-state index in [2.05, 4.69) is 16.4 Å². The third kappa shape index (κ3) is 4.32. The molecule has 1 amide bonds. The summed E-state index contributed by atoms with van der Waals surface area (Å²) in [6, 6.07) is 12.7. The Kier molecular flexibility index (Phi) is 5.35. The quantitative estimate of drug-likeness (QED) is 0.873. The number of hydrogen-bond acceptors (Lipinski definition) is 5. The molecule has 6 heteroatoms. The molecule has 1 aromatic carbocycles. The summed E-state index contributed by atoms with van der Waals surface area (Å²) >= 11 is 1.23. The largest absolute Gasteiger partial charge is 0.325 e. The maximum absolute atomic E-state index is 12.0. The molecule has 0 bridgehead atoms. The molecule has 1 aromatic heterocycles. The molecule has 0 unspecified atom stereocenters. The number of nitriles is 2. The van der Waals surface area contributed by atoms with Crippen LogP contribution in [0.4, 0.5) is 5.69 Å². The lowest BCUT2D eigenvalue weighted by Crippen LogP contribution is -2.14. The van der Waals surface area contributed by atoms with Crippen LogP contribution in [0.15, 0.2) is 35.4 Å². The van der Waals surface area contributed by atoms with E-state index < -0.39 is 0 Å². The normalized spacial score (nSPS) is 9.74. The van der Waals surface area contributed by atoms with Gasteiger partial charge in [-0.2, -0.15) is 10.5 Å². The van der Waals surface area contributed by atoms with Gasteiger partial charge in [0.2, 0.25) is 5.91 Å². The van der Waals surface area contributed by atoms with E-state index >= 15 is 0 Å². The number of benzene rings is 1. The molecule has 2 rings (SSSR count). The highest BCUT2D eigenvalue weighted by atomic mass is 32.2. The number of aryl methyl sites for hydroxylation is 2. The third-order valence-electron chi connectivity index (χ3n) is 3.04. The minimum Gasteiger partial charge on any atom is -0.325 e. The van der Waals surface area contributed by atoms with Gasteiger partial charge in [-0.3, -0.25) is 4.79 Å². The van der Waals surface area contributed by atoms with Crippen molar-refractivity contribution in [3.05, 3.63) is 52.7 Å². The molecule has 0 radical (unpaired) electrons. The molecule has 0 fully saturated rings. The number of carbonyl (C=O) groups is 1.